The van der Waals surface area contributed by atoms with Crippen molar-refractivity contribution in [1.29, 1.82) is 0 Å². The summed E-state index contributed by atoms with van der Waals surface area (Å²) in [5.41, 5.74) is 0.959. The third-order valence-corrected chi connectivity index (χ3v) is 4.13. The Hall–Kier alpha value is -2.24. The van der Waals surface area contributed by atoms with Gasteiger partial charge in [0.2, 0.25) is 0 Å². The zero-order chi connectivity index (χ0) is 18.4. The van der Waals surface area contributed by atoms with Crippen molar-refractivity contribution in [2.24, 2.45) is 0 Å². The van der Waals surface area contributed by atoms with Crippen molar-refractivity contribution in [2.75, 3.05) is 12.4 Å². The number of nitrogens with one attached hydrogen (secondary N) is 1. The molecule has 132 valence electrons. The number of methoxy groups -OCH3 is 1. The maximum absolute atomic E-state index is 12.2. The number of para-hydroxylation sites is 2. The Balaban J connectivity index is 1.97. The molecule has 5 nitrogen and oxygen atoms in total. The molecule has 0 heterocycles. The van der Waals surface area contributed by atoms with Crippen LogP contribution in [0.25, 0.3) is 0 Å². The van der Waals surface area contributed by atoms with Gasteiger partial charge >= 0.3 is 5.97 Å². The smallest absolute Gasteiger partial charge is 0.311 e. The molecule has 0 aliphatic carbocycles. The van der Waals surface area contributed by atoms with Crippen molar-refractivity contribution in [3.8, 4) is 5.75 Å². The van der Waals surface area contributed by atoms with Gasteiger partial charge in [-0.15, -0.1) is 0 Å². The van der Waals surface area contributed by atoms with E-state index in [1.54, 1.807) is 42.5 Å². The van der Waals surface area contributed by atoms with Gasteiger partial charge in [0.15, 0.2) is 6.10 Å². The number of amides is 1. The molecule has 1 N–H and O–H groups in total. The molecular weight excluding hydrogens is 365 g/mol. The lowest BCUT2D eigenvalue weighted by Gasteiger charge is -2.15. The quantitative estimate of drug-likeness (QED) is 0.764. The molecule has 0 saturated heterocycles. The van der Waals surface area contributed by atoms with Gasteiger partial charge in [-0.25, -0.2) is 0 Å². The standard InChI is InChI=1S/C18H17Cl2NO4/c1-11(18(23)21-15-8-3-4-9-16(15)24-2)25-17(22)10-12-13(19)6-5-7-14(12)20/h3-9,11H,10H2,1-2H3,(H,21,23)/t11-/m0/s1. The van der Waals surface area contributed by atoms with Gasteiger partial charge in [-0.1, -0.05) is 41.4 Å². The number of esters is 1. The number of hydrogen-bond acceptors (Lipinski definition) is 4. The summed E-state index contributed by atoms with van der Waals surface area (Å²) in [6.07, 6.45) is -1.11. The van der Waals surface area contributed by atoms with E-state index in [4.69, 9.17) is 32.7 Å². The van der Waals surface area contributed by atoms with E-state index in [-0.39, 0.29) is 6.42 Å². The second kappa shape index (κ2) is 8.74. The summed E-state index contributed by atoms with van der Waals surface area (Å²) in [6, 6.07) is 11.9. The van der Waals surface area contributed by atoms with E-state index in [1.165, 1.54) is 14.0 Å². The fraction of sp³-hybridized carbons (Fsp3) is 0.222. The molecule has 0 fully saturated rings. The van der Waals surface area contributed by atoms with E-state index in [2.05, 4.69) is 5.32 Å². The van der Waals surface area contributed by atoms with Crippen LogP contribution in [0.15, 0.2) is 42.5 Å². The van der Waals surface area contributed by atoms with Crippen LogP contribution < -0.4 is 10.1 Å². The SMILES string of the molecule is COc1ccccc1NC(=O)[C@H](C)OC(=O)Cc1c(Cl)cccc1Cl. The predicted octanol–water partition coefficient (Wildman–Crippen LogP) is 4.11. The van der Waals surface area contributed by atoms with Crippen LogP contribution in [0, 0.1) is 0 Å². The number of anilines is 1. The number of rotatable bonds is 6. The van der Waals surface area contributed by atoms with E-state index in [9.17, 15) is 9.59 Å². The lowest BCUT2D eigenvalue weighted by atomic mass is 10.1. The van der Waals surface area contributed by atoms with Gasteiger partial charge in [0.25, 0.3) is 5.91 Å². The molecular formula is C18H17Cl2NO4. The number of hydrogen-bond donors (Lipinski definition) is 1. The first-order valence-corrected chi connectivity index (χ1v) is 8.24. The fourth-order valence-electron chi connectivity index (χ4n) is 2.12. The van der Waals surface area contributed by atoms with Gasteiger partial charge in [0.05, 0.1) is 19.2 Å². The van der Waals surface area contributed by atoms with Crippen LogP contribution in [0.2, 0.25) is 10.0 Å². The average molecular weight is 382 g/mol. The highest BCUT2D eigenvalue weighted by Gasteiger charge is 2.20. The molecule has 2 aromatic carbocycles. The summed E-state index contributed by atoms with van der Waals surface area (Å²) in [6.45, 7) is 1.48. The largest absolute Gasteiger partial charge is 0.495 e. The van der Waals surface area contributed by atoms with Crippen LogP contribution in [0.3, 0.4) is 0 Å². The lowest BCUT2D eigenvalue weighted by Crippen LogP contribution is -2.30. The third-order valence-electron chi connectivity index (χ3n) is 3.43. The minimum atomic E-state index is -0.987. The molecule has 2 rings (SSSR count). The number of benzene rings is 2. The number of carbonyl (C=O) groups excluding carboxylic acids is 2. The van der Waals surface area contributed by atoms with Crippen molar-refractivity contribution in [2.45, 2.75) is 19.4 Å². The maximum atomic E-state index is 12.2. The van der Waals surface area contributed by atoms with Crippen LogP contribution in [0.4, 0.5) is 5.69 Å². The van der Waals surface area contributed by atoms with Crippen molar-refractivity contribution >= 4 is 40.8 Å². The van der Waals surface area contributed by atoms with Crippen LogP contribution in [-0.2, 0) is 20.7 Å². The first kappa shape index (κ1) is 19.1. The highest BCUT2D eigenvalue weighted by atomic mass is 35.5. The van der Waals surface area contributed by atoms with Crippen LogP contribution in [0.1, 0.15) is 12.5 Å². The van der Waals surface area contributed by atoms with E-state index in [0.29, 0.717) is 27.0 Å². The van der Waals surface area contributed by atoms with Crippen molar-refractivity contribution in [3.05, 3.63) is 58.1 Å². The molecule has 1 atom stereocenters. The Bertz CT molecular complexity index is 759. The molecule has 25 heavy (non-hydrogen) atoms. The molecule has 0 aliphatic heterocycles. The minimum absolute atomic E-state index is 0.120. The van der Waals surface area contributed by atoms with Gasteiger partial charge in [-0.05, 0) is 31.2 Å². The molecule has 0 bridgehead atoms. The van der Waals surface area contributed by atoms with Crippen LogP contribution in [-0.4, -0.2) is 25.1 Å². The molecule has 7 heteroatoms. The first-order chi connectivity index (χ1) is 11.9. The van der Waals surface area contributed by atoms with Gasteiger partial charge in [-0.3, -0.25) is 9.59 Å². The normalized spacial score (nSPS) is 11.5. The molecule has 1 amide bonds. The van der Waals surface area contributed by atoms with Gasteiger partial charge in [0.1, 0.15) is 5.75 Å². The highest BCUT2D eigenvalue weighted by molar-refractivity contribution is 6.36. The Kier molecular flexibility index (Phi) is 6.67. The Morgan fingerprint density at radius 2 is 1.72 bits per heavy atom. The summed E-state index contributed by atoms with van der Waals surface area (Å²) in [4.78, 5) is 24.3. The zero-order valence-corrected chi connectivity index (χ0v) is 15.2. The maximum Gasteiger partial charge on any atom is 0.311 e. The summed E-state index contributed by atoms with van der Waals surface area (Å²) < 4.78 is 10.3. The Labute approximate surface area is 155 Å². The Morgan fingerprint density at radius 3 is 2.36 bits per heavy atom. The average Bonchev–Trinajstić information content (AvgIpc) is 2.58. The monoisotopic (exact) mass is 381 g/mol. The summed E-state index contributed by atoms with van der Waals surface area (Å²) in [5.74, 6) is -0.557. The first-order valence-electron chi connectivity index (χ1n) is 7.48. The second-order valence-corrected chi connectivity index (χ2v) is 6.01. The lowest BCUT2D eigenvalue weighted by molar-refractivity contribution is -0.152. The van der Waals surface area contributed by atoms with E-state index in [0.717, 1.165) is 0 Å². The van der Waals surface area contributed by atoms with E-state index >= 15 is 0 Å². The van der Waals surface area contributed by atoms with Gasteiger partial charge < -0.3 is 14.8 Å². The molecule has 0 aliphatic rings. The highest BCUT2D eigenvalue weighted by Crippen LogP contribution is 2.25. The zero-order valence-electron chi connectivity index (χ0n) is 13.7. The number of halogens is 2. The third kappa shape index (κ3) is 5.11. The molecule has 0 unspecified atom stereocenters. The van der Waals surface area contributed by atoms with Gasteiger partial charge in [-0.2, -0.15) is 0 Å². The van der Waals surface area contributed by atoms with Crippen molar-refractivity contribution < 1.29 is 19.1 Å². The molecule has 0 saturated carbocycles. The van der Waals surface area contributed by atoms with E-state index < -0.39 is 18.0 Å². The number of carbonyl (C=O) groups is 2. The van der Waals surface area contributed by atoms with Crippen molar-refractivity contribution in [3.63, 3.8) is 0 Å². The van der Waals surface area contributed by atoms with Gasteiger partial charge in [0, 0.05) is 15.6 Å². The number of ether oxygens (including phenoxy) is 2. The van der Waals surface area contributed by atoms with Crippen LogP contribution >= 0.6 is 23.2 Å². The van der Waals surface area contributed by atoms with Crippen molar-refractivity contribution in [1.82, 2.24) is 0 Å². The molecule has 0 aromatic heterocycles. The summed E-state index contributed by atoms with van der Waals surface area (Å²) in [7, 11) is 1.50. The van der Waals surface area contributed by atoms with Crippen LogP contribution in [0.5, 0.6) is 5.75 Å². The summed E-state index contributed by atoms with van der Waals surface area (Å²) >= 11 is 12.1. The Morgan fingerprint density at radius 1 is 1.08 bits per heavy atom. The molecule has 0 radical (unpaired) electrons. The summed E-state index contributed by atoms with van der Waals surface area (Å²) in [5, 5.41) is 3.40. The van der Waals surface area contributed by atoms with E-state index in [1.807, 2.05) is 0 Å². The topological polar surface area (TPSA) is 64.6 Å². The second-order valence-electron chi connectivity index (χ2n) is 5.20. The molecule has 0 spiro atoms. The fourth-order valence-corrected chi connectivity index (χ4v) is 2.65. The minimum Gasteiger partial charge on any atom is -0.495 e. The predicted molar refractivity (Wildman–Crippen MR) is 97.3 cm³/mol. The molecule has 2 aromatic rings.